The maximum atomic E-state index is 12.5. The van der Waals surface area contributed by atoms with E-state index in [9.17, 15) is 9.90 Å². The Morgan fingerprint density at radius 1 is 1.32 bits per heavy atom. The van der Waals surface area contributed by atoms with Crippen LogP contribution in [0.5, 0.6) is 0 Å². The summed E-state index contributed by atoms with van der Waals surface area (Å²) in [6.07, 6.45) is 4.48. The molecule has 1 aliphatic heterocycles. The van der Waals surface area contributed by atoms with Crippen molar-refractivity contribution in [2.45, 2.75) is 25.5 Å². The van der Waals surface area contributed by atoms with Gasteiger partial charge < -0.3 is 9.84 Å². The third-order valence-electron chi connectivity index (χ3n) is 3.86. The van der Waals surface area contributed by atoms with E-state index in [2.05, 4.69) is 4.98 Å². The number of anilines is 1. The van der Waals surface area contributed by atoms with Crippen molar-refractivity contribution in [3.8, 4) is 0 Å². The first kappa shape index (κ1) is 14.5. The second kappa shape index (κ2) is 6.58. The summed E-state index contributed by atoms with van der Waals surface area (Å²) in [5.74, 6) is 0. The lowest BCUT2D eigenvalue weighted by atomic mass is 9.98. The maximum Gasteiger partial charge on any atom is 0.414 e. The van der Waals surface area contributed by atoms with Crippen LogP contribution in [-0.2, 0) is 17.8 Å². The lowest BCUT2D eigenvalue weighted by molar-refractivity contribution is 0.138. The predicted octanol–water partition coefficient (Wildman–Crippen LogP) is 2.53. The van der Waals surface area contributed by atoms with Crippen LogP contribution >= 0.6 is 0 Å². The summed E-state index contributed by atoms with van der Waals surface area (Å²) in [6.45, 7) is 0.136. The van der Waals surface area contributed by atoms with Gasteiger partial charge in [-0.2, -0.15) is 0 Å². The minimum atomic E-state index is -0.435. The third kappa shape index (κ3) is 2.94. The number of pyridine rings is 1. The topological polar surface area (TPSA) is 62.7 Å². The second-order valence-corrected chi connectivity index (χ2v) is 5.29. The molecule has 114 valence electrons. The monoisotopic (exact) mass is 298 g/mol. The van der Waals surface area contributed by atoms with E-state index < -0.39 is 6.09 Å². The zero-order valence-corrected chi connectivity index (χ0v) is 12.2. The van der Waals surface area contributed by atoms with Crippen molar-refractivity contribution < 1.29 is 14.6 Å². The highest BCUT2D eigenvalue weighted by atomic mass is 16.6. The van der Waals surface area contributed by atoms with Crippen molar-refractivity contribution in [2.24, 2.45) is 0 Å². The minimum Gasteiger partial charge on any atom is -0.444 e. The Morgan fingerprint density at radius 2 is 2.14 bits per heavy atom. The molecule has 3 rings (SSSR count). The van der Waals surface area contributed by atoms with Gasteiger partial charge in [0.15, 0.2) is 0 Å². The average Bonchev–Trinajstić information content (AvgIpc) is 2.59. The Labute approximate surface area is 129 Å². The highest BCUT2D eigenvalue weighted by Gasteiger charge is 2.31. The van der Waals surface area contributed by atoms with E-state index in [1.807, 2.05) is 30.3 Å². The van der Waals surface area contributed by atoms with Gasteiger partial charge in [-0.3, -0.25) is 9.88 Å². The summed E-state index contributed by atoms with van der Waals surface area (Å²) < 4.78 is 5.41. The Hall–Kier alpha value is -2.40. The van der Waals surface area contributed by atoms with E-state index in [4.69, 9.17) is 4.74 Å². The SMILES string of the molecule is O=C(OCc1ccccc1)N1c2ccncc2CCC1CO. The number of aryl methyl sites for hydroxylation is 1. The van der Waals surface area contributed by atoms with Gasteiger partial charge in [-0.05, 0) is 30.0 Å². The van der Waals surface area contributed by atoms with Gasteiger partial charge in [0.2, 0.25) is 0 Å². The molecule has 0 fully saturated rings. The summed E-state index contributed by atoms with van der Waals surface area (Å²) in [5.41, 5.74) is 2.71. The molecule has 1 atom stereocenters. The number of aliphatic hydroxyl groups is 1. The van der Waals surface area contributed by atoms with Gasteiger partial charge in [0.25, 0.3) is 0 Å². The van der Waals surface area contributed by atoms with Crippen LogP contribution in [0, 0.1) is 0 Å². The number of amides is 1. The van der Waals surface area contributed by atoms with Gasteiger partial charge in [-0.1, -0.05) is 30.3 Å². The molecular weight excluding hydrogens is 280 g/mol. The normalized spacial score (nSPS) is 17.0. The minimum absolute atomic E-state index is 0.0812. The zero-order valence-electron chi connectivity index (χ0n) is 12.2. The summed E-state index contributed by atoms with van der Waals surface area (Å²) in [4.78, 5) is 18.1. The van der Waals surface area contributed by atoms with Crippen molar-refractivity contribution in [3.63, 3.8) is 0 Å². The number of hydrogen-bond donors (Lipinski definition) is 1. The molecule has 1 N–H and O–H groups in total. The van der Waals surface area contributed by atoms with Crippen LogP contribution in [0.3, 0.4) is 0 Å². The molecule has 1 aliphatic rings. The molecule has 1 aromatic heterocycles. The van der Waals surface area contributed by atoms with Crippen molar-refractivity contribution in [1.29, 1.82) is 0 Å². The Bertz CT molecular complexity index is 645. The highest BCUT2D eigenvalue weighted by molar-refractivity contribution is 5.89. The van der Waals surface area contributed by atoms with Gasteiger partial charge in [0.05, 0.1) is 18.3 Å². The Balaban J connectivity index is 1.77. The van der Waals surface area contributed by atoms with Crippen LogP contribution in [-0.4, -0.2) is 28.8 Å². The largest absolute Gasteiger partial charge is 0.444 e. The number of aliphatic hydroxyl groups excluding tert-OH is 1. The molecule has 5 heteroatoms. The fraction of sp³-hybridized carbons (Fsp3) is 0.294. The first-order valence-corrected chi connectivity index (χ1v) is 7.33. The van der Waals surface area contributed by atoms with Crippen LogP contribution in [0.2, 0.25) is 0 Å². The number of aromatic nitrogens is 1. The van der Waals surface area contributed by atoms with Crippen LogP contribution < -0.4 is 4.90 Å². The smallest absolute Gasteiger partial charge is 0.414 e. The number of rotatable bonds is 3. The van der Waals surface area contributed by atoms with Crippen LogP contribution in [0.25, 0.3) is 0 Å². The quantitative estimate of drug-likeness (QED) is 0.946. The first-order valence-electron chi connectivity index (χ1n) is 7.33. The standard InChI is InChI=1S/C17H18N2O3/c20-11-15-7-6-14-10-18-9-8-16(14)19(15)17(21)22-12-13-4-2-1-3-5-13/h1-5,8-10,15,20H,6-7,11-12H2. The summed E-state index contributed by atoms with van der Waals surface area (Å²) in [6, 6.07) is 11.1. The molecular formula is C17H18N2O3. The molecule has 2 aromatic rings. The molecule has 1 aromatic carbocycles. The first-order chi connectivity index (χ1) is 10.8. The highest BCUT2D eigenvalue weighted by Crippen LogP contribution is 2.30. The van der Waals surface area contributed by atoms with Crippen LogP contribution in [0.4, 0.5) is 10.5 Å². The number of benzene rings is 1. The predicted molar refractivity (Wildman–Crippen MR) is 82.5 cm³/mol. The van der Waals surface area contributed by atoms with Crippen molar-refractivity contribution in [3.05, 3.63) is 59.9 Å². The summed E-state index contributed by atoms with van der Waals surface area (Å²) in [7, 11) is 0. The van der Waals surface area contributed by atoms with E-state index in [0.29, 0.717) is 6.42 Å². The average molecular weight is 298 g/mol. The fourth-order valence-corrected chi connectivity index (χ4v) is 2.70. The molecule has 5 nitrogen and oxygen atoms in total. The molecule has 22 heavy (non-hydrogen) atoms. The number of carbonyl (C=O) groups excluding carboxylic acids is 1. The second-order valence-electron chi connectivity index (χ2n) is 5.29. The number of ether oxygens (including phenoxy) is 1. The number of carbonyl (C=O) groups is 1. The molecule has 0 spiro atoms. The van der Waals surface area contributed by atoms with Crippen LogP contribution in [0.15, 0.2) is 48.8 Å². The van der Waals surface area contributed by atoms with Crippen molar-refractivity contribution >= 4 is 11.8 Å². The van der Waals surface area contributed by atoms with Crippen molar-refractivity contribution in [2.75, 3.05) is 11.5 Å². The van der Waals surface area contributed by atoms with E-state index >= 15 is 0 Å². The molecule has 0 saturated carbocycles. The molecule has 0 aliphatic carbocycles. The summed E-state index contributed by atoms with van der Waals surface area (Å²) >= 11 is 0. The lowest BCUT2D eigenvalue weighted by Gasteiger charge is -2.35. The fourth-order valence-electron chi connectivity index (χ4n) is 2.70. The molecule has 2 heterocycles. The zero-order chi connectivity index (χ0) is 15.4. The molecule has 0 radical (unpaired) electrons. The molecule has 0 bridgehead atoms. The lowest BCUT2D eigenvalue weighted by Crippen LogP contribution is -2.46. The van der Waals surface area contributed by atoms with E-state index in [1.165, 1.54) is 0 Å². The maximum absolute atomic E-state index is 12.5. The van der Waals surface area contributed by atoms with Gasteiger partial charge in [-0.15, -0.1) is 0 Å². The van der Waals surface area contributed by atoms with E-state index in [-0.39, 0.29) is 19.3 Å². The van der Waals surface area contributed by atoms with Gasteiger partial charge in [-0.25, -0.2) is 4.79 Å². The Morgan fingerprint density at radius 3 is 2.91 bits per heavy atom. The summed E-state index contributed by atoms with van der Waals surface area (Å²) in [5, 5.41) is 9.56. The molecule has 1 amide bonds. The van der Waals surface area contributed by atoms with Gasteiger partial charge in [0.1, 0.15) is 6.61 Å². The van der Waals surface area contributed by atoms with Gasteiger partial charge in [0, 0.05) is 12.4 Å². The van der Waals surface area contributed by atoms with Crippen molar-refractivity contribution in [1.82, 2.24) is 4.98 Å². The Kier molecular flexibility index (Phi) is 4.34. The molecule has 0 saturated heterocycles. The van der Waals surface area contributed by atoms with E-state index in [0.717, 1.165) is 23.2 Å². The molecule has 1 unspecified atom stereocenters. The third-order valence-corrected chi connectivity index (χ3v) is 3.86. The number of hydrogen-bond acceptors (Lipinski definition) is 4. The van der Waals surface area contributed by atoms with Crippen LogP contribution in [0.1, 0.15) is 17.5 Å². The van der Waals surface area contributed by atoms with E-state index in [1.54, 1.807) is 23.4 Å². The number of nitrogens with zero attached hydrogens (tertiary/aromatic N) is 2. The number of fused-ring (bicyclic) bond motifs is 1. The van der Waals surface area contributed by atoms with Gasteiger partial charge >= 0.3 is 6.09 Å².